The molecule has 0 aliphatic carbocycles. The molecule has 29 heavy (non-hydrogen) atoms. The van der Waals surface area contributed by atoms with Crippen LogP contribution in [0.1, 0.15) is 17.3 Å². The van der Waals surface area contributed by atoms with Crippen LogP contribution in [0, 0.1) is 0 Å². The number of carbonyl (C=O) groups is 1. The summed E-state index contributed by atoms with van der Waals surface area (Å²) in [6.45, 7) is 2.66. The zero-order chi connectivity index (χ0) is 19.8. The average molecular weight is 382 g/mol. The molecule has 5 aromatic rings. The van der Waals surface area contributed by atoms with Gasteiger partial charge in [-0.05, 0) is 25.1 Å². The maximum atomic E-state index is 13.2. The summed E-state index contributed by atoms with van der Waals surface area (Å²) >= 11 is 0. The fourth-order valence-corrected chi connectivity index (χ4v) is 3.41. The first-order valence-corrected chi connectivity index (χ1v) is 9.41. The minimum Gasteiger partial charge on any atom is -0.324 e. The molecule has 0 bridgehead atoms. The predicted molar refractivity (Wildman–Crippen MR) is 113 cm³/mol. The SMILES string of the molecule is CCn1ncc2c(C(=O)Nc3nc4ccccc4[nH]3)cc(-c3ccccc3)nc21. The van der Waals surface area contributed by atoms with Crippen molar-refractivity contribution in [2.24, 2.45) is 0 Å². The van der Waals surface area contributed by atoms with Gasteiger partial charge in [-0.25, -0.2) is 14.6 Å². The average Bonchev–Trinajstić information content (AvgIpc) is 3.36. The van der Waals surface area contributed by atoms with Gasteiger partial charge in [0.05, 0.1) is 33.9 Å². The molecule has 5 rings (SSSR count). The number of hydrogen-bond donors (Lipinski definition) is 2. The Kier molecular flexibility index (Phi) is 4.05. The highest BCUT2D eigenvalue weighted by Crippen LogP contribution is 2.25. The molecule has 0 saturated heterocycles. The summed E-state index contributed by atoms with van der Waals surface area (Å²) in [4.78, 5) is 25.5. The van der Waals surface area contributed by atoms with Crippen molar-refractivity contribution in [3.05, 3.63) is 72.4 Å². The van der Waals surface area contributed by atoms with Crippen LogP contribution in [0.25, 0.3) is 33.3 Å². The third-order valence-electron chi connectivity index (χ3n) is 4.84. The molecule has 3 aromatic heterocycles. The Hall–Kier alpha value is -4.00. The Morgan fingerprint density at radius 2 is 1.86 bits per heavy atom. The van der Waals surface area contributed by atoms with Crippen LogP contribution < -0.4 is 5.32 Å². The van der Waals surface area contributed by atoms with Gasteiger partial charge in [0.25, 0.3) is 5.91 Å². The third kappa shape index (κ3) is 3.02. The lowest BCUT2D eigenvalue weighted by Gasteiger charge is -2.08. The number of para-hydroxylation sites is 2. The van der Waals surface area contributed by atoms with Gasteiger partial charge in [-0.3, -0.25) is 10.1 Å². The maximum absolute atomic E-state index is 13.2. The number of amides is 1. The number of pyridine rings is 1. The lowest BCUT2D eigenvalue weighted by Crippen LogP contribution is -2.14. The first-order chi connectivity index (χ1) is 14.2. The number of rotatable bonds is 4. The molecule has 0 unspecified atom stereocenters. The number of nitrogens with one attached hydrogen (secondary N) is 2. The van der Waals surface area contributed by atoms with Crippen LogP contribution in [-0.2, 0) is 6.54 Å². The second kappa shape index (κ2) is 6.87. The second-order valence-electron chi connectivity index (χ2n) is 6.68. The predicted octanol–water partition coefficient (Wildman–Crippen LogP) is 4.25. The van der Waals surface area contributed by atoms with Crippen LogP contribution >= 0.6 is 0 Å². The molecule has 0 aliphatic heterocycles. The highest BCUT2D eigenvalue weighted by atomic mass is 16.1. The topological polar surface area (TPSA) is 88.5 Å². The zero-order valence-corrected chi connectivity index (χ0v) is 15.8. The van der Waals surface area contributed by atoms with E-state index in [2.05, 4.69) is 20.4 Å². The minimum absolute atomic E-state index is 0.260. The summed E-state index contributed by atoms with van der Waals surface area (Å²) < 4.78 is 1.79. The van der Waals surface area contributed by atoms with E-state index in [4.69, 9.17) is 4.98 Å². The third-order valence-corrected chi connectivity index (χ3v) is 4.84. The van der Waals surface area contributed by atoms with Crippen molar-refractivity contribution < 1.29 is 4.79 Å². The van der Waals surface area contributed by atoms with Gasteiger partial charge in [0.1, 0.15) is 0 Å². The molecule has 0 atom stereocenters. The van der Waals surface area contributed by atoms with E-state index in [0.29, 0.717) is 29.1 Å². The Morgan fingerprint density at radius 3 is 2.66 bits per heavy atom. The maximum Gasteiger partial charge on any atom is 0.258 e. The summed E-state index contributed by atoms with van der Waals surface area (Å²) in [6, 6.07) is 19.2. The molecule has 0 spiro atoms. The zero-order valence-electron chi connectivity index (χ0n) is 15.8. The number of aromatic nitrogens is 5. The van der Waals surface area contributed by atoms with Crippen LogP contribution in [0.3, 0.4) is 0 Å². The van der Waals surface area contributed by atoms with Crippen LogP contribution in [-0.4, -0.2) is 30.6 Å². The number of anilines is 1. The molecular formula is C22H18N6O. The van der Waals surface area contributed by atoms with E-state index in [1.165, 1.54) is 0 Å². The van der Waals surface area contributed by atoms with Crippen molar-refractivity contribution >= 4 is 33.9 Å². The van der Waals surface area contributed by atoms with Gasteiger partial charge in [0, 0.05) is 12.1 Å². The summed E-state index contributed by atoms with van der Waals surface area (Å²) in [5.74, 6) is 0.148. The van der Waals surface area contributed by atoms with E-state index >= 15 is 0 Å². The van der Waals surface area contributed by atoms with Gasteiger partial charge < -0.3 is 4.98 Å². The van der Waals surface area contributed by atoms with Crippen molar-refractivity contribution in [2.45, 2.75) is 13.5 Å². The smallest absolute Gasteiger partial charge is 0.258 e. The van der Waals surface area contributed by atoms with Crippen molar-refractivity contribution in [2.75, 3.05) is 5.32 Å². The minimum atomic E-state index is -0.260. The van der Waals surface area contributed by atoms with E-state index < -0.39 is 0 Å². The Bertz CT molecular complexity index is 1300. The number of fused-ring (bicyclic) bond motifs is 2. The molecular weight excluding hydrogens is 364 g/mol. The van der Waals surface area contributed by atoms with Crippen molar-refractivity contribution in [3.63, 3.8) is 0 Å². The normalized spacial score (nSPS) is 11.2. The van der Waals surface area contributed by atoms with Gasteiger partial charge in [-0.15, -0.1) is 0 Å². The number of hydrogen-bond acceptors (Lipinski definition) is 4. The second-order valence-corrected chi connectivity index (χ2v) is 6.68. The molecule has 142 valence electrons. The number of aromatic amines is 1. The summed E-state index contributed by atoms with van der Waals surface area (Å²) in [5, 5.41) is 7.97. The number of imidazole rings is 1. The molecule has 2 N–H and O–H groups in total. The Morgan fingerprint density at radius 1 is 1.07 bits per heavy atom. The van der Waals surface area contributed by atoms with E-state index in [1.807, 2.05) is 61.5 Å². The Labute approximate surface area is 166 Å². The van der Waals surface area contributed by atoms with E-state index in [9.17, 15) is 4.79 Å². The molecule has 7 heteroatoms. The van der Waals surface area contributed by atoms with Crippen LogP contribution in [0.2, 0.25) is 0 Å². The molecule has 0 fully saturated rings. The Balaban J connectivity index is 1.60. The largest absolute Gasteiger partial charge is 0.324 e. The van der Waals surface area contributed by atoms with Crippen molar-refractivity contribution in [1.82, 2.24) is 24.7 Å². The quantitative estimate of drug-likeness (QED) is 0.486. The molecule has 0 aliphatic rings. The summed E-state index contributed by atoms with van der Waals surface area (Å²) in [5.41, 5.74) is 4.52. The molecule has 7 nitrogen and oxygen atoms in total. The number of aryl methyl sites for hydroxylation is 1. The number of carbonyl (C=O) groups excluding carboxylic acids is 1. The molecule has 3 heterocycles. The molecule has 0 saturated carbocycles. The lowest BCUT2D eigenvalue weighted by molar-refractivity contribution is 0.102. The van der Waals surface area contributed by atoms with Gasteiger partial charge in [0.2, 0.25) is 5.95 Å². The number of nitrogens with zero attached hydrogens (tertiary/aromatic N) is 4. The summed E-state index contributed by atoms with van der Waals surface area (Å²) in [7, 11) is 0. The fourth-order valence-electron chi connectivity index (χ4n) is 3.41. The van der Waals surface area contributed by atoms with E-state index in [1.54, 1.807) is 16.9 Å². The van der Waals surface area contributed by atoms with Crippen LogP contribution in [0.4, 0.5) is 5.95 Å². The van der Waals surface area contributed by atoms with Crippen LogP contribution in [0.15, 0.2) is 66.9 Å². The highest BCUT2D eigenvalue weighted by Gasteiger charge is 2.18. The fraction of sp³-hybridized carbons (Fsp3) is 0.0909. The lowest BCUT2D eigenvalue weighted by atomic mass is 10.1. The van der Waals surface area contributed by atoms with Gasteiger partial charge in [0.15, 0.2) is 5.65 Å². The van der Waals surface area contributed by atoms with Gasteiger partial charge >= 0.3 is 0 Å². The van der Waals surface area contributed by atoms with Crippen LogP contribution in [0.5, 0.6) is 0 Å². The van der Waals surface area contributed by atoms with Crippen molar-refractivity contribution in [1.29, 1.82) is 0 Å². The first-order valence-electron chi connectivity index (χ1n) is 9.41. The highest BCUT2D eigenvalue weighted by molar-refractivity contribution is 6.12. The van der Waals surface area contributed by atoms with Gasteiger partial charge in [-0.1, -0.05) is 42.5 Å². The standard InChI is InChI=1S/C22H18N6O/c1-2-28-20-16(13-23-28)15(12-19(24-20)14-8-4-3-5-9-14)21(29)27-22-25-17-10-6-7-11-18(17)26-22/h3-13H,2H2,1H3,(H2,25,26,27,29). The summed E-state index contributed by atoms with van der Waals surface area (Å²) in [6.07, 6.45) is 1.69. The number of benzene rings is 2. The number of H-pyrrole nitrogens is 1. The monoisotopic (exact) mass is 382 g/mol. The first kappa shape index (κ1) is 17.1. The van der Waals surface area contributed by atoms with E-state index in [0.717, 1.165) is 22.3 Å². The molecule has 0 radical (unpaired) electrons. The molecule has 1 amide bonds. The van der Waals surface area contributed by atoms with Crippen molar-refractivity contribution in [3.8, 4) is 11.3 Å². The molecule has 2 aromatic carbocycles. The van der Waals surface area contributed by atoms with Gasteiger partial charge in [-0.2, -0.15) is 5.10 Å². The van der Waals surface area contributed by atoms with E-state index in [-0.39, 0.29) is 5.91 Å².